The van der Waals surface area contributed by atoms with Crippen molar-refractivity contribution in [3.63, 3.8) is 0 Å². The third-order valence-corrected chi connectivity index (χ3v) is 2.94. The molecule has 0 fully saturated rings. The molecule has 72 valence electrons. The number of halogens is 1. The van der Waals surface area contributed by atoms with Gasteiger partial charge in [0.05, 0.1) is 4.70 Å². The average Bonchev–Trinajstić information content (AvgIpc) is 2.50. The van der Waals surface area contributed by atoms with Gasteiger partial charge in [-0.1, -0.05) is 6.07 Å². The monoisotopic (exact) mass is 212 g/mol. The summed E-state index contributed by atoms with van der Waals surface area (Å²) in [5, 5.41) is 28.9. The minimum Gasteiger partial charge on any atom is -0.506 e. The Morgan fingerprint density at radius 3 is 2.64 bits per heavy atom. The van der Waals surface area contributed by atoms with E-state index in [9.17, 15) is 9.50 Å². The van der Waals surface area contributed by atoms with Crippen LogP contribution in [0, 0.1) is 5.82 Å². The lowest BCUT2D eigenvalue weighted by Crippen LogP contribution is -2.30. The molecule has 2 aromatic rings. The molecule has 0 aliphatic heterocycles. The van der Waals surface area contributed by atoms with Gasteiger partial charge in [-0.2, -0.15) is 0 Å². The minimum atomic E-state index is -1.71. The maximum absolute atomic E-state index is 13.2. The molecule has 0 bridgehead atoms. The van der Waals surface area contributed by atoms with E-state index in [1.54, 1.807) is 0 Å². The van der Waals surface area contributed by atoms with Gasteiger partial charge in [-0.05, 0) is 11.5 Å². The molecule has 0 atom stereocenters. The van der Waals surface area contributed by atoms with Crippen molar-refractivity contribution in [1.29, 1.82) is 0 Å². The Hall–Kier alpha value is -1.11. The van der Waals surface area contributed by atoms with Crippen LogP contribution in [-0.4, -0.2) is 22.3 Å². The van der Waals surface area contributed by atoms with E-state index < -0.39 is 12.9 Å². The SMILES string of the molecule is OB(O)c1ccc(F)c2scc(O)c12. The van der Waals surface area contributed by atoms with E-state index in [1.165, 1.54) is 11.4 Å². The molecule has 0 aliphatic rings. The van der Waals surface area contributed by atoms with E-state index in [1.807, 2.05) is 0 Å². The predicted octanol–water partition coefficient (Wildman–Crippen LogP) is 0.426. The van der Waals surface area contributed by atoms with Gasteiger partial charge in [0, 0.05) is 10.8 Å². The summed E-state index contributed by atoms with van der Waals surface area (Å²) in [5.41, 5.74) is 0.111. The quantitative estimate of drug-likeness (QED) is 0.600. The first-order valence-corrected chi connectivity index (χ1v) is 4.74. The van der Waals surface area contributed by atoms with Crippen molar-refractivity contribution in [2.24, 2.45) is 0 Å². The summed E-state index contributed by atoms with van der Waals surface area (Å²) in [5.74, 6) is -0.609. The van der Waals surface area contributed by atoms with Crippen molar-refractivity contribution in [2.75, 3.05) is 0 Å². The van der Waals surface area contributed by atoms with E-state index in [-0.39, 0.29) is 21.3 Å². The fourth-order valence-corrected chi connectivity index (χ4v) is 2.21. The summed E-state index contributed by atoms with van der Waals surface area (Å²) in [7, 11) is -1.71. The maximum Gasteiger partial charge on any atom is 0.489 e. The van der Waals surface area contributed by atoms with Crippen molar-refractivity contribution in [1.82, 2.24) is 0 Å². The summed E-state index contributed by atoms with van der Waals surface area (Å²) in [6, 6.07) is 2.39. The van der Waals surface area contributed by atoms with E-state index in [2.05, 4.69) is 0 Å². The first-order chi connectivity index (χ1) is 6.61. The molecule has 0 spiro atoms. The lowest BCUT2D eigenvalue weighted by atomic mass is 9.78. The summed E-state index contributed by atoms with van der Waals surface area (Å²) in [4.78, 5) is 0. The summed E-state index contributed by atoms with van der Waals surface area (Å²) in [6.07, 6.45) is 0. The molecule has 1 aromatic carbocycles. The average molecular weight is 212 g/mol. The Balaban J connectivity index is 2.85. The van der Waals surface area contributed by atoms with Crippen LogP contribution >= 0.6 is 11.3 Å². The maximum atomic E-state index is 13.2. The Morgan fingerprint density at radius 2 is 2.00 bits per heavy atom. The fourth-order valence-electron chi connectivity index (χ4n) is 1.34. The third-order valence-electron chi connectivity index (χ3n) is 1.96. The Kier molecular flexibility index (Phi) is 2.18. The van der Waals surface area contributed by atoms with E-state index in [4.69, 9.17) is 10.0 Å². The normalized spacial score (nSPS) is 10.8. The van der Waals surface area contributed by atoms with E-state index >= 15 is 0 Å². The van der Waals surface area contributed by atoms with Gasteiger partial charge in [0.15, 0.2) is 0 Å². The first-order valence-electron chi connectivity index (χ1n) is 3.86. The molecular weight excluding hydrogens is 206 g/mol. The topological polar surface area (TPSA) is 60.7 Å². The number of hydrogen-bond donors (Lipinski definition) is 3. The standard InChI is InChI=1S/C8H6BFO3S/c10-5-2-1-4(9(12)13)7-6(11)3-14-8(5)7/h1-3,11-13H. The molecule has 14 heavy (non-hydrogen) atoms. The number of rotatable bonds is 1. The Bertz CT molecular complexity index is 483. The second-order valence-electron chi connectivity index (χ2n) is 2.84. The van der Waals surface area contributed by atoms with Gasteiger partial charge >= 0.3 is 7.12 Å². The molecule has 0 unspecified atom stereocenters. The molecular formula is C8H6BFO3S. The molecule has 0 saturated carbocycles. The number of thiophene rings is 1. The molecule has 3 nitrogen and oxygen atoms in total. The van der Waals surface area contributed by atoms with Gasteiger partial charge < -0.3 is 15.2 Å². The third kappa shape index (κ3) is 1.28. The number of fused-ring (bicyclic) bond motifs is 1. The molecule has 0 saturated heterocycles. The van der Waals surface area contributed by atoms with Crippen LogP contribution in [0.4, 0.5) is 4.39 Å². The van der Waals surface area contributed by atoms with Crippen LogP contribution in [0.1, 0.15) is 0 Å². The highest BCUT2D eigenvalue weighted by Gasteiger charge is 2.20. The van der Waals surface area contributed by atoms with Crippen molar-refractivity contribution in [2.45, 2.75) is 0 Å². The second kappa shape index (κ2) is 3.23. The second-order valence-corrected chi connectivity index (χ2v) is 3.72. The van der Waals surface area contributed by atoms with E-state index in [0.717, 1.165) is 17.4 Å². The number of hydrogen-bond acceptors (Lipinski definition) is 4. The van der Waals surface area contributed by atoms with Gasteiger partial charge in [0.1, 0.15) is 11.6 Å². The molecule has 3 N–H and O–H groups in total. The summed E-state index contributed by atoms with van der Waals surface area (Å²) < 4.78 is 13.4. The van der Waals surface area contributed by atoms with Gasteiger partial charge in [0.25, 0.3) is 0 Å². The Labute approximate surface area is 83.2 Å². The summed E-state index contributed by atoms with van der Waals surface area (Å²) in [6.45, 7) is 0. The molecule has 0 aliphatic carbocycles. The number of aromatic hydroxyl groups is 1. The molecule has 0 radical (unpaired) electrons. The van der Waals surface area contributed by atoms with Gasteiger partial charge in [-0.3, -0.25) is 0 Å². The molecule has 1 aromatic heterocycles. The first kappa shape index (κ1) is 9.45. The zero-order valence-corrected chi connectivity index (χ0v) is 7.75. The van der Waals surface area contributed by atoms with Gasteiger partial charge in [0.2, 0.25) is 0 Å². The highest BCUT2D eigenvalue weighted by atomic mass is 32.1. The molecule has 6 heteroatoms. The minimum absolute atomic E-state index is 0.111. The zero-order valence-electron chi connectivity index (χ0n) is 6.94. The van der Waals surface area contributed by atoms with Crippen molar-refractivity contribution in [3.8, 4) is 5.75 Å². The van der Waals surface area contributed by atoms with Crippen LogP contribution in [0.3, 0.4) is 0 Å². The van der Waals surface area contributed by atoms with Crippen molar-refractivity contribution in [3.05, 3.63) is 23.3 Å². The zero-order chi connectivity index (χ0) is 10.3. The van der Waals surface area contributed by atoms with Crippen molar-refractivity contribution >= 4 is 34.0 Å². The molecule has 0 amide bonds. The Morgan fingerprint density at radius 1 is 1.29 bits per heavy atom. The highest BCUT2D eigenvalue weighted by molar-refractivity contribution is 7.17. The van der Waals surface area contributed by atoms with Crippen LogP contribution in [0.25, 0.3) is 10.1 Å². The van der Waals surface area contributed by atoms with Gasteiger partial charge in [-0.15, -0.1) is 11.3 Å². The predicted molar refractivity (Wildman–Crippen MR) is 53.3 cm³/mol. The fraction of sp³-hybridized carbons (Fsp3) is 0. The van der Waals surface area contributed by atoms with Gasteiger partial charge in [-0.25, -0.2) is 4.39 Å². The largest absolute Gasteiger partial charge is 0.506 e. The smallest absolute Gasteiger partial charge is 0.489 e. The lowest BCUT2D eigenvalue weighted by molar-refractivity contribution is 0.425. The van der Waals surface area contributed by atoms with Crippen LogP contribution in [-0.2, 0) is 0 Å². The highest BCUT2D eigenvalue weighted by Crippen LogP contribution is 2.31. The number of benzene rings is 1. The molecule has 1 heterocycles. The lowest BCUT2D eigenvalue weighted by Gasteiger charge is -2.02. The van der Waals surface area contributed by atoms with Crippen LogP contribution in [0.2, 0.25) is 0 Å². The van der Waals surface area contributed by atoms with Crippen LogP contribution < -0.4 is 5.46 Å². The van der Waals surface area contributed by atoms with E-state index in [0.29, 0.717) is 0 Å². The van der Waals surface area contributed by atoms with Crippen LogP contribution in [0.5, 0.6) is 5.75 Å². The molecule has 2 rings (SSSR count). The van der Waals surface area contributed by atoms with Crippen LogP contribution in [0.15, 0.2) is 17.5 Å². The summed E-state index contributed by atoms with van der Waals surface area (Å²) >= 11 is 1.02. The van der Waals surface area contributed by atoms with Crippen molar-refractivity contribution < 1.29 is 19.5 Å².